The Morgan fingerprint density at radius 3 is 2.88 bits per heavy atom. The average Bonchev–Trinajstić information content (AvgIpc) is 3.37. The molecule has 1 aromatic carbocycles. The first-order valence-corrected chi connectivity index (χ1v) is 8.98. The first-order valence-electron chi connectivity index (χ1n) is 8.98. The minimum atomic E-state index is -0.315. The van der Waals surface area contributed by atoms with E-state index in [1.807, 2.05) is 24.3 Å². The number of benzene rings is 1. The second-order valence-electron chi connectivity index (χ2n) is 6.74. The van der Waals surface area contributed by atoms with E-state index in [0.29, 0.717) is 25.4 Å². The topological polar surface area (TPSA) is 67.9 Å². The number of nitrogens with one attached hydrogen (secondary N) is 1. The predicted octanol–water partition coefficient (Wildman–Crippen LogP) is 1.98. The van der Waals surface area contributed by atoms with Crippen molar-refractivity contribution in [3.8, 4) is 5.75 Å². The van der Waals surface area contributed by atoms with Crippen LogP contribution in [0.25, 0.3) is 0 Å². The third-order valence-electron chi connectivity index (χ3n) is 4.69. The van der Waals surface area contributed by atoms with Crippen LogP contribution in [0.2, 0.25) is 0 Å². The minimum absolute atomic E-state index is 0.0441. The molecule has 0 spiro atoms. The van der Waals surface area contributed by atoms with E-state index >= 15 is 0 Å². The lowest BCUT2D eigenvalue weighted by Gasteiger charge is -2.19. The summed E-state index contributed by atoms with van der Waals surface area (Å²) in [4.78, 5) is 26.3. The Bertz CT molecular complexity index is 615. The van der Waals surface area contributed by atoms with E-state index in [1.165, 1.54) is 12.8 Å². The van der Waals surface area contributed by atoms with Crippen molar-refractivity contribution in [1.82, 2.24) is 5.32 Å². The van der Waals surface area contributed by atoms with Crippen molar-refractivity contribution >= 4 is 17.5 Å². The third kappa shape index (κ3) is 4.72. The fourth-order valence-corrected chi connectivity index (χ4v) is 3.03. The van der Waals surface area contributed by atoms with Gasteiger partial charge >= 0.3 is 0 Å². The average molecular weight is 346 g/mol. The maximum absolute atomic E-state index is 12.3. The number of anilines is 1. The fraction of sp³-hybridized carbons (Fsp3) is 0.579. The highest BCUT2D eigenvalue weighted by Crippen LogP contribution is 2.32. The van der Waals surface area contributed by atoms with Gasteiger partial charge in [0.1, 0.15) is 5.75 Å². The molecule has 6 nitrogen and oxygen atoms in total. The summed E-state index contributed by atoms with van der Waals surface area (Å²) in [6.07, 6.45) is 3.61. The molecular weight excluding hydrogens is 320 g/mol. The van der Waals surface area contributed by atoms with Crippen molar-refractivity contribution in [3.63, 3.8) is 0 Å². The Balaban J connectivity index is 1.43. The van der Waals surface area contributed by atoms with Crippen molar-refractivity contribution in [1.29, 1.82) is 0 Å². The molecule has 1 saturated heterocycles. The van der Waals surface area contributed by atoms with Gasteiger partial charge in [0.15, 0.2) is 0 Å². The van der Waals surface area contributed by atoms with E-state index in [1.54, 1.807) is 12.0 Å². The van der Waals surface area contributed by atoms with Crippen molar-refractivity contribution in [2.24, 2.45) is 11.8 Å². The van der Waals surface area contributed by atoms with Crippen LogP contribution in [0.4, 0.5) is 5.69 Å². The number of ether oxygens (including phenoxy) is 2. The molecule has 2 fully saturated rings. The Hall–Kier alpha value is -2.08. The quantitative estimate of drug-likeness (QED) is 0.694. The molecule has 0 bridgehead atoms. The predicted molar refractivity (Wildman–Crippen MR) is 94.6 cm³/mol. The van der Waals surface area contributed by atoms with Gasteiger partial charge in [-0.05, 0) is 37.3 Å². The number of hydrogen-bond acceptors (Lipinski definition) is 4. The monoisotopic (exact) mass is 346 g/mol. The molecule has 3 rings (SSSR count). The van der Waals surface area contributed by atoms with E-state index in [4.69, 9.17) is 9.47 Å². The highest BCUT2D eigenvalue weighted by molar-refractivity contribution is 6.01. The second kappa shape index (κ2) is 8.34. The summed E-state index contributed by atoms with van der Waals surface area (Å²) < 4.78 is 10.9. The highest BCUT2D eigenvalue weighted by atomic mass is 16.5. The highest BCUT2D eigenvalue weighted by Gasteiger charge is 2.36. The van der Waals surface area contributed by atoms with E-state index in [9.17, 15) is 9.59 Å². The largest absolute Gasteiger partial charge is 0.495 e. The van der Waals surface area contributed by atoms with Gasteiger partial charge in [-0.3, -0.25) is 9.59 Å². The SMILES string of the molecule is COc1ccccc1N1CC(C(=O)NCCCOCC2CC2)CC1=O. The molecule has 25 heavy (non-hydrogen) atoms. The molecule has 1 N–H and O–H groups in total. The number of para-hydroxylation sites is 2. The van der Waals surface area contributed by atoms with Crippen LogP contribution >= 0.6 is 0 Å². The number of carbonyl (C=O) groups is 2. The van der Waals surface area contributed by atoms with Crippen molar-refractivity contribution in [2.75, 3.05) is 38.3 Å². The van der Waals surface area contributed by atoms with Crippen LogP contribution in [0.1, 0.15) is 25.7 Å². The summed E-state index contributed by atoms with van der Waals surface area (Å²) in [6.45, 7) is 2.50. The van der Waals surface area contributed by atoms with Crippen molar-refractivity contribution in [2.45, 2.75) is 25.7 Å². The zero-order chi connectivity index (χ0) is 17.6. The summed E-state index contributed by atoms with van der Waals surface area (Å²) >= 11 is 0. The number of hydrogen-bond donors (Lipinski definition) is 1. The van der Waals surface area contributed by atoms with E-state index < -0.39 is 0 Å². The zero-order valence-corrected chi connectivity index (χ0v) is 14.7. The van der Waals surface area contributed by atoms with E-state index in [0.717, 1.165) is 24.6 Å². The molecule has 6 heteroatoms. The summed E-state index contributed by atoms with van der Waals surface area (Å²) in [5.41, 5.74) is 0.721. The van der Waals surface area contributed by atoms with Gasteiger partial charge < -0.3 is 19.7 Å². The van der Waals surface area contributed by atoms with Gasteiger partial charge in [0.2, 0.25) is 11.8 Å². The maximum Gasteiger partial charge on any atom is 0.227 e. The van der Waals surface area contributed by atoms with Crippen molar-refractivity contribution in [3.05, 3.63) is 24.3 Å². The Labute approximate surface area is 148 Å². The molecule has 1 aliphatic heterocycles. The van der Waals surface area contributed by atoms with Gasteiger partial charge in [-0.25, -0.2) is 0 Å². The van der Waals surface area contributed by atoms with Gasteiger partial charge in [-0.2, -0.15) is 0 Å². The molecule has 1 atom stereocenters. The molecule has 1 heterocycles. The molecule has 136 valence electrons. The number of rotatable bonds is 9. The zero-order valence-electron chi connectivity index (χ0n) is 14.7. The molecule has 1 aliphatic carbocycles. The van der Waals surface area contributed by atoms with Crippen molar-refractivity contribution < 1.29 is 19.1 Å². The lowest BCUT2D eigenvalue weighted by Crippen LogP contribution is -2.34. The van der Waals surface area contributed by atoms with Crippen LogP contribution in [0.5, 0.6) is 5.75 Å². The first kappa shape index (κ1) is 17.7. The number of amides is 2. The molecule has 0 aromatic heterocycles. The van der Waals surface area contributed by atoms with Gasteiger partial charge in [0.25, 0.3) is 0 Å². The third-order valence-corrected chi connectivity index (χ3v) is 4.69. The molecule has 1 aromatic rings. The summed E-state index contributed by atoms with van der Waals surface area (Å²) in [5, 5.41) is 2.92. The van der Waals surface area contributed by atoms with Gasteiger partial charge in [-0.15, -0.1) is 0 Å². The second-order valence-corrected chi connectivity index (χ2v) is 6.74. The lowest BCUT2D eigenvalue weighted by atomic mass is 10.1. The first-order chi connectivity index (χ1) is 12.2. The fourth-order valence-electron chi connectivity index (χ4n) is 3.03. The number of methoxy groups -OCH3 is 1. The Kier molecular flexibility index (Phi) is 5.91. The van der Waals surface area contributed by atoms with Crippen LogP contribution in [-0.4, -0.2) is 45.2 Å². The van der Waals surface area contributed by atoms with Crippen LogP contribution < -0.4 is 15.0 Å². The molecular formula is C19H26N2O4. The van der Waals surface area contributed by atoms with Crippen LogP contribution in [0.15, 0.2) is 24.3 Å². The van der Waals surface area contributed by atoms with E-state index in [-0.39, 0.29) is 24.2 Å². The lowest BCUT2D eigenvalue weighted by molar-refractivity contribution is -0.126. The molecule has 1 unspecified atom stereocenters. The van der Waals surface area contributed by atoms with Crippen LogP contribution in [0.3, 0.4) is 0 Å². The minimum Gasteiger partial charge on any atom is -0.495 e. The Morgan fingerprint density at radius 1 is 1.32 bits per heavy atom. The molecule has 1 saturated carbocycles. The maximum atomic E-state index is 12.3. The smallest absolute Gasteiger partial charge is 0.227 e. The molecule has 2 amide bonds. The molecule has 2 aliphatic rings. The normalized spacial score (nSPS) is 20.0. The van der Waals surface area contributed by atoms with E-state index in [2.05, 4.69) is 5.32 Å². The summed E-state index contributed by atoms with van der Waals surface area (Å²) in [5.74, 6) is 0.986. The van der Waals surface area contributed by atoms with Crippen LogP contribution in [-0.2, 0) is 14.3 Å². The van der Waals surface area contributed by atoms with Crippen LogP contribution in [0, 0.1) is 11.8 Å². The number of nitrogens with zero attached hydrogens (tertiary/aromatic N) is 1. The van der Waals surface area contributed by atoms with Gasteiger partial charge in [0, 0.05) is 32.7 Å². The summed E-state index contributed by atoms with van der Waals surface area (Å²) in [6, 6.07) is 7.38. The standard InChI is InChI=1S/C19H26N2O4/c1-24-17-6-3-2-5-16(17)21-12-15(11-18(21)22)19(23)20-9-4-10-25-13-14-7-8-14/h2-3,5-6,14-15H,4,7-13H2,1H3,(H,20,23). The Morgan fingerprint density at radius 2 is 2.12 bits per heavy atom. The molecule has 0 radical (unpaired) electrons. The summed E-state index contributed by atoms with van der Waals surface area (Å²) in [7, 11) is 1.58. The number of carbonyl (C=O) groups excluding carboxylic acids is 2. The van der Waals surface area contributed by atoms with Gasteiger partial charge in [-0.1, -0.05) is 12.1 Å². The van der Waals surface area contributed by atoms with Gasteiger partial charge in [0.05, 0.1) is 18.7 Å².